The second-order valence-electron chi connectivity index (χ2n) is 6.79. The van der Waals surface area contributed by atoms with Crippen LogP contribution in [0.4, 0.5) is 13.2 Å². The molecule has 0 aliphatic carbocycles. The van der Waals surface area contributed by atoms with Crippen molar-refractivity contribution in [3.8, 4) is 11.5 Å². The van der Waals surface area contributed by atoms with E-state index in [1.165, 1.54) is 12.3 Å². The Kier molecular flexibility index (Phi) is 4.16. The first-order chi connectivity index (χ1) is 12.8. The van der Waals surface area contributed by atoms with Crippen molar-refractivity contribution in [2.45, 2.75) is 25.9 Å². The smallest absolute Gasteiger partial charge is 0.433 e. The molecule has 27 heavy (non-hydrogen) atoms. The number of amides is 1. The summed E-state index contributed by atoms with van der Waals surface area (Å²) in [7, 11) is 0. The van der Waals surface area contributed by atoms with Gasteiger partial charge in [-0.05, 0) is 37.0 Å². The summed E-state index contributed by atoms with van der Waals surface area (Å²) in [5, 5.41) is 3.80. The number of alkyl halides is 3. The van der Waals surface area contributed by atoms with E-state index in [9.17, 15) is 18.0 Å². The first-order valence-corrected chi connectivity index (χ1v) is 8.63. The Bertz CT molecular complexity index is 979. The van der Waals surface area contributed by atoms with Crippen LogP contribution in [-0.4, -0.2) is 38.5 Å². The van der Waals surface area contributed by atoms with Crippen molar-refractivity contribution in [1.29, 1.82) is 0 Å². The predicted molar refractivity (Wildman–Crippen MR) is 90.0 cm³/mol. The van der Waals surface area contributed by atoms with Crippen LogP contribution in [0.2, 0.25) is 0 Å². The van der Waals surface area contributed by atoms with Gasteiger partial charge in [-0.2, -0.15) is 18.3 Å². The zero-order chi connectivity index (χ0) is 19.2. The largest absolute Gasteiger partial charge is 0.463 e. The Morgan fingerprint density at radius 1 is 1.37 bits per heavy atom. The molecular formula is C18H17F3N4O2. The maximum Gasteiger partial charge on any atom is 0.433 e. The minimum Gasteiger partial charge on any atom is -0.463 e. The Morgan fingerprint density at radius 2 is 2.19 bits per heavy atom. The molecule has 1 saturated heterocycles. The predicted octanol–water partition coefficient (Wildman–Crippen LogP) is 3.88. The average molecular weight is 378 g/mol. The van der Waals surface area contributed by atoms with Gasteiger partial charge in [0.25, 0.3) is 5.91 Å². The van der Waals surface area contributed by atoms with E-state index in [2.05, 4.69) is 10.1 Å². The number of furan rings is 1. The molecule has 1 aliphatic heterocycles. The number of aromatic nitrogens is 3. The van der Waals surface area contributed by atoms with Crippen molar-refractivity contribution in [3.05, 3.63) is 41.9 Å². The molecule has 9 heteroatoms. The summed E-state index contributed by atoms with van der Waals surface area (Å²) < 4.78 is 46.5. The van der Waals surface area contributed by atoms with Gasteiger partial charge in [-0.3, -0.25) is 4.79 Å². The molecule has 0 saturated carbocycles. The molecule has 1 fully saturated rings. The minimum atomic E-state index is -4.66. The molecule has 1 atom stereocenters. The van der Waals surface area contributed by atoms with Crippen LogP contribution in [-0.2, 0) is 6.18 Å². The summed E-state index contributed by atoms with van der Waals surface area (Å²) >= 11 is 0. The third kappa shape index (κ3) is 3.17. The van der Waals surface area contributed by atoms with Crippen LogP contribution in [0.3, 0.4) is 0 Å². The molecule has 6 nitrogen and oxygen atoms in total. The van der Waals surface area contributed by atoms with E-state index in [4.69, 9.17) is 4.42 Å². The van der Waals surface area contributed by atoms with E-state index in [0.717, 1.165) is 25.1 Å². The Morgan fingerprint density at radius 3 is 2.85 bits per heavy atom. The van der Waals surface area contributed by atoms with Crippen molar-refractivity contribution >= 4 is 11.6 Å². The zero-order valence-corrected chi connectivity index (χ0v) is 14.5. The van der Waals surface area contributed by atoms with Gasteiger partial charge in [0.05, 0.1) is 12.5 Å². The Labute approximate surface area is 152 Å². The number of piperidine rings is 1. The van der Waals surface area contributed by atoms with Crippen LogP contribution in [0.15, 0.2) is 35.1 Å². The number of nitrogens with zero attached hydrogens (tertiary/aromatic N) is 4. The lowest BCUT2D eigenvalue weighted by Gasteiger charge is -2.30. The minimum absolute atomic E-state index is 0.00128. The highest BCUT2D eigenvalue weighted by molar-refractivity contribution is 6.00. The summed E-state index contributed by atoms with van der Waals surface area (Å²) in [4.78, 5) is 18.8. The molecule has 0 spiro atoms. The van der Waals surface area contributed by atoms with E-state index in [1.54, 1.807) is 11.0 Å². The summed E-state index contributed by atoms with van der Waals surface area (Å²) in [6.45, 7) is 3.19. The van der Waals surface area contributed by atoms with Crippen molar-refractivity contribution in [3.63, 3.8) is 0 Å². The summed E-state index contributed by atoms with van der Waals surface area (Å²) in [6.07, 6.45) is -0.256. The molecule has 0 N–H and O–H groups in total. The van der Waals surface area contributed by atoms with E-state index >= 15 is 0 Å². The topological polar surface area (TPSA) is 63.6 Å². The van der Waals surface area contributed by atoms with Crippen LogP contribution in [0.1, 0.15) is 35.8 Å². The molecular weight excluding hydrogens is 361 g/mol. The molecule has 0 bridgehead atoms. The number of likely N-dealkylation sites (tertiary alicyclic amines) is 1. The molecule has 4 rings (SSSR count). The normalized spacial score (nSPS) is 18.2. The van der Waals surface area contributed by atoms with E-state index < -0.39 is 11.9 Å². The lowest BCUT2D eigenvalue weighted by molar-refractivity contribution is -0.142. The van der Waals surface area contributed by atoms with Gasteiger partial charge in [0.15, 0.2) is 17.1 Å². The third-order valence-corrected chi connectivity index (χ3v) is 4.71. The van der Waals surface area contributed by atoms with Crippen molar-refractivity contribution in [2.24, 2.45) is 5.92 Å². The van der Waals surface area contributed by atoms with Gasteiger partial charge in [-0.25, -0.2) is 9.50 Å². The van der Waals surface area contributed by atoms with Crippen molar-refractivity contribution in [1.82, 2.24) is 19.5 Å². The number of hydrogen-bond donors (Lipinski definition) is 0. The molecule has 0 radical (unpaired) electrons. The van der Waals surface area contributed by atoms with Gasteiger partial charge in [-0.1, -0.05) is 6.92 Å². The number of rotatable bonds is 2. The second-order valence-corrected chi connectivity index (χ2v) is 6.79. The fraction of sp³-hybridized carbons (Fsp3) is 0.389. The lowest BCUT2D eigenvalue weighted by Crippen LogP contribution is -2.39. The highest BCUT2D eigenvalue weighted by atomic mass is 19.4. The quantitative estimate of drug-likeness (QED) is 0.679. The van der Waals surface area contributed by atoms with Gasteiger partial charge in [0.2, 0.25) is 0 Å². The fourth-order valence-electron chi connectivity index (χ4n) is 3.41. The summed E-state index contributed by atoms with van der Waals surface area (Å²) in [5.74, 6) is 0.185. The third-order valence-electron chi connectivity index (χ3n) is 4.71. The highest BCUT2D eigenvalue weighted by Gasteiger charge is 2.36. The second kappa shape index (κ2) is 6.40. The molecule has 0 aromatic carbocycles. The number of halogens is 3. The number of hydrogen-bond acceptors (Lipinski definition) is 4. The molecule has 3 aromatic rings. The van der Waals surface area contributed by atoms with Gasteiger partial charge in [-0.15, -0.1) is 0 Å². The Hall–Kier alpha value is -2.84. The van der Waals surface area contributed by atoms with Gasteiger partial charge >= 0.3 is 6.18 Å². The standard InChI is InChI=1S/C18H17F3N4O2/c1-11-4-2-6-24(10-11)17(26)12-9-22-25-15(18(19,20)21)8-13(23-16(12)25)14-5-3-7-27-14/h3,5,7-9,11H,2,4,6,10H2,1H3/t11-/m1/s1. The van der Waals surface area contributed by atoms with E-state index in [1.807, 2.05) is 6.92 Å². The SMILES string of the molecule is C[C@@H]1CCCN(C(=O)c2cnn3c(C(F)(F)F)cc(-c4ccco4)nc23)C1. The highest BCUT2D eigenvalue weighted by Crippen LogP contribution is 2.33. The van der Waals surface area contributed by atoms with Crippen LogP contribution in [0.5, 0.6) is 0 Å². The van der Waals surface area contributed by atoms with Gasteiger partial charge in [0.1, 0.15) is 11.3 Å². The molecule has 0 unspecified atom stereocenters. The van der Waals surface area contributed by atoms with Crippen LogP contribution >= 0.6 is 0 Å². The number of carbonyl (C=O) groups is 1. The van der Waals surface area contributed by atoms with E-state index in [-0.39, 0.29) is 28.6 Å². The van der Waals surface area contributed by atoms with E-state index in [0.29, 0.717) is 23.5 Å². The summed E-state index contributed by atoms with van der Waals surface area (Å²) in [6, 6.07) is 3.95. The maximum absolute atomic E-state index is 13.5. The molecule has 142 valence electrons. The first-order valence-electron chi connectivity index (χ1n) is 8.63. The molecule has 3 aromatic heterocycles. The van der Waals surface area contributed by atoms with Gasteiger partial charge < -0.3 is 9.32 Å². The first kappa shape index (κ1) is 17.6. The lowest BCUT2D eigenvalue weighted by atomic mass is 10.00. The zero-order valence-electron chi connectivity index (χ0n) is 14.5. The monoisotopic (exact) mass is 378 g/mol. The average Bonchev–Trinajstić information content (AvgIpc) is 3.29. The molecule has 4 heterocycles. The summed E-state index contributed by atoms with van der Waals surface area (Å²) in [5.41, 5.74) is -1.08. The maximum atomic E-state index is 13.5. The number of fused-ring (bicyclic) bond motifs is 1. The Balaban J connectivity index is 1.85. The van der Waals surface area contributed by atoms with Gasteiger partial charge in [0, 0.05) is 13.1 Å². The van der Waals surface area contributed by atoms with Crippen LogP contribution in [0.25, 0.3) is 17.1 Å². The van der Waals surface area contributed by atoms with Crippen molar-refractivity contribution < 1.29 is 22.4 Å². The van der Waals surface area contributed by atoms with Crippen LogP contribution in [0, 0.1) is 5.92 Å². The van der Waals surface area contributed by atoms with Crippen molar-refractivity contribution in [2.75, 3.05) is 13.1 Å². The van der Waals surface area contributed by atoms with Crippen LogP contribution < -0.4 is 0 Å². The molecule has 1 aliphatic rings. The molecule has 1 amide bonds. The number of carbonyl (C=O) groups excluding carboxylic acids is 1. The fourth-order valence-corrected chi connectivity index (χ4v) is 3.41.